The predicted octanol–water partition coefficient (Wildman–Crippen LogP) is 2.67. The third-order valence-corrected chi connectivity index (χ3v) is 3.46. The maximum atomic E-state index is 14.1. The van der Waals surface area contributed by atoms with E-state index in [9.17, 15) is 14.0 Å². The van der Waals surface area contributed by atoms with Crippen molar-refractivity contribution in [3.63, 3.8) is 0 Å². The second-order valence-corrected chi connectivity index (χ2v) is 5.16. The van der Waals surface area contributed by atoms with Crippen LogP contribution >= 0.6 is 0 Å². The van der Waals surface area contributed by atoms with Crippen LogP contribution < -0.4 is 10.6 Å². The largest absolute Gasteiger partial charge is 0.326 e. The van der Waals surface area contributed by atoms with E-state index in [0.717, 1.165) is 5.56 Å². The first-order chi connectivity index (χ1) is 10.5. The van der Waals surface area contributed by atoms with Crippen LogP contribution in [0.25, 0.3) is 0 Å². The highest BCUT2D eigenvalue weighted by Gasteiger charge is 2.19. The molecule has 112 valence electrons. The number of carbonyl (C=O) groups is 2. The zero-order valence-electron chi connectivity index (χ0n) is 11.9. The van der Waals surface area contributed by atoms with E-state index in [4.69, 9.17) is 0 Å². The summed E-state index contributed by atoms with van der Waals surface area (Å²) in [5, 5.41) is 5.17. The lowest BCUT2D eigenvalue weighted by molar-refractivity contribution is -0.116. The predicted molar refractivity (Wildman–Crippen MR) is 80.3 cm³/mol. The third kappa shape index (κ3) is 2.81. The Balaban J connectivity index is 1.87. The molecule has 1 aliphatic heterocycles. The van der Waals surface area contributed by atoms with E-state index >= 15 is 0 Å². The van der Waals surface area contributed by atoms with Gasteiger partial charge in [0, 0.05) is 17.8 Å². The van der Waals surface area contributed by atoms with Gasteiger partial charge in [0.2, 0.25) is 5.91 Å². The zero-order valence-corrected chi connectivity index (χ0v) is 11.9. The fourth-order valence-corrected chi connectivity index (χ4v) is 2.35. The second kappa shape index (κ2) is 5.55. The van der Waals surface area contributed by atoms with Crippen molar-refractivity contribution in [2.24, 2.45) is 0 Å². The molecule has 1 aromatic carbocycles. The Morgan fingerprint density at radius 1 is 1.32 bits per heavy atom. The van der Waals surface area contributed by atoms with E-state index in [1.54, 1.807) is 25.1 Å². The molecule has 22 heavy (non-hydrogen) atoms. The lowest BCUT2D eigenvalue weighted by Gasteiger charge is -2.18. The Kier molecular flexibility index (Phi) is 3.58. The number of hydrogen-bond acceptors (Lipinski definition) is 3. The Labute approximate surface area is 126 Å². The number of carbonyl (C=O) groups excluding carboxylic acids is 2. The van der Waals surface area contributed by atoms with Crippen LogP contribution in [-0.2, 0) is 11.2 Å². The summed E-state index contributed by atoms with van der Waals surface area (Å²) in [4.78, 5) is 27.6. The minimum atomic E-state index is -0.532. The van der Waals surface area contributed by atoms with Crippen molar-refractivity contribution in [3.8, 4) is 0 Å². The van der Waals surface area contributed by atoms with Crippen molar-refractivity contribution < 1.29 is 14.0 Å². The molecule has 0 aliphatic carbocycles. The van der Waals surface area contributed by atoms with Gasteiger partial charge < -0.3 is 10.6 Å². The topological polar surface area (TPSA) is 71.1 Å². The number of aryl methyl sites for hydroxylation is 2. The summed E-state index contributed by atoms with van der Waals surface area (Å²) in [5.41, 5.74) is 2.19. The maximum absolute atomic E-state index is 14.1. The highest BCUT2D eigenvalue weighted by atomic mass is 19.1. The number of rotatable bonds is 2. The van der Waals surface area contributed by atoms with E-state index < -0.39 is 11.7 Å². The Hall–Kier alpha value is -2.76. The molecule has 3 rings (SSSR count). The van der Waals surface area contributed by atoms with Gasteiger partial charge in [0.1, 0.15) is 11.5 Å². The normalized spacial score (nSPS) is 13.3. The number of benzene rings is 1. The van der Waals surface area contributed by atoms with E-state index in [-0.39, 0.29) is 17.3 Å². The van der Waals surface area contributed by atoms with Crippen LogP contribution in [-0.4, -0.2) is 16.8 Å². The first kappa shape index (κ1) is 14.2. The first-order valence-corrected chi connectivity index (χ1v) is 6.90. The molecule has 5 nitrogen and oxygen atoms in total. The molecule has 1 aliphatic rings. The second-order valence-electron chi connectivity index (χ2n) is 5.16. The zero-order chi connectivity index (χ0) is 15.7. The summed E-state index contributed by atoms with van der Waals surface area (Å²) in [6, 6.07) is 7.82. The molecule has 0 radical (unpaired) electrons. The fourth-order valence-electron chi connectivity index (χ4n) is 2.35. The van der Waals surface area contributed by atoms with E-state index in [1.165, 1.54) is 12.1 Å². The lowest BCUT2D eigenvalue weighted by atomic mass is 10.0. The van der Waals surface area contributed by atoms with Crippen LogP contribution in [0.2, 0.25) is 0 Å². The molecule has 6 heteroatoms. The number of nitrogens with one attached hydrogen (secondary N) is 2. The summed E-state index contributed by atoms with van der Waals surface area (Å²) in [7, 11) is 0. The van der Waals surface area contributed by atoms with Gasteiger partial charge in [-0.1, -0.05) is 6.07 Å². The van der Waals surface area contributed by atoms with Crippen molar-refractivity contribution >= 4 is 23.2 Å². The van der Waals surface area contributed by atoms with Gasteiger partial charge in [-0.25, -0.2) is 9.37 Å². The summed E-state index contributed by atoms with van der Waals surface area (Å²) >= 11 is 0. The highest BCUT2D eigenvalue weighted by Crippen LogP contribution is 2.28. The van der Waals surface area contributed by atoms with Gasteiger partial charge in [-0.3, -0.25) is 9.59 Å². The van der Waals surface area contributed by atoms with E-state index in [0.29, 0.717) is 24.2 Å². The summed E-state index contributed by atoms with van der Waals surface area (Å²) < 4.78 is 14.1. The van der Waals surface area contributed by atoms with Crippen molar-refractivity contribution in [2.45, 2.75) is 19.8 Å². The molecule has 1 aromatic heterocycles. The Bertz CT molecular complexity index is 774. The molecule has 0 unspecified atom stereocenters. The SMILES string of the molecule is Cc1cccc(C(=O)Nc2cc3c(cc2F)CCC(=O)N3)n1. The molecule has 0 saturated carbocycles. The summed E-state index contributed by atoms with van der Waals surface area (Å²) in [6.07, 6.45) is 0.830. The van der Waals surface area contributed by atoms with Gasteiger partial charge in [0.05, 0.1) is 5.69 Å². The van der Waals surface area contributed by atoms with Gasteiger partial charge in [-0.05, 0) is 43.2 Å². The average molecular weight is 299 g/mol. The van der Waals surface area contributed by atoms with Crippen LogP contribution in [0, 0.1) is 12.7 Å². The van der Waals surface area contributed by atoms with Gasteiger partial charge in [-0.2, -0.15) is 0 Å². The van der Waals surface area contributed by atoms with E-state index in [1.807, 2.05) is 0 Å². The number of halogens is 1. The van der Waals surface area contributed by atoms with Crippen molar-refractivity contribution in [1.82, 2.24) is 4.98 Å². The van der Waals surface area contributed by atoms with Crippen molar-refractivity contribution in [1.29, 1.82) is 0 Å². The van der Waals surface area contributed by atoms with Crippen LogP contribution in [0.3, 0.4) is 0 Å². The molecule has 2 aromatic rings. The molecule has 2 amide bonds. The number of hydrogen-bond donors (Lipinski definition) is 2. The smallest absolute Gasteiger partial charge is 0.274 e. The van der Waals surface area contributed by atoms with Gasteiger partial charge in [0.15, 0.2) is 0 Å². The van der Waals surface area contributed by atoms with E-state index in [2.05, 4.69) is 15.6 Å². The summed E-state index contributed by atoms with van der Waals surface area (Å²) in [6.45, 7) is 1.77. The molecule has 2 N–H and O–H groups in total. The van der Waals surface area contributed by atoms with Crippen LogP contribution in [0.4, 0.5) is 15.8 Å². The van der Waals surface area contributed by atoms with Gasteiger partial charge >= 0.3 is 0 Å². The third-order valence-electron chi connectivity index (χ3n) is 3.46. The molecule has 0 saturated heterocycles. The molecule has 0 atom stereocenters. The lowest BCUT2D eigenvalue weighted by Crippen LogP contribution is -2.20. The number of aromatic nitrogens is 1. The standard InChI is InChI=1S/C16H14FN3O2/c1-9-3-2-4-12(18-9)16(22)20-14-8-13-10(7-11(14)17)5-6-15(21)19-13/h2-4,7-8H,5-6H2,1H3,(H,19,21)(H,20,22). The minimum absolute atomic E-state index is 0.0225. The van der Waals surface area contributed by atoms with Crippen molar-refractivity contribution in [3.05, 3.63) is 53.1 Å². The first-order valence-electron chi connectivity index (χ1n) is 6.90. The quantitative estimate of drug-likeness (QED) is 0.895. The molecule has 2 heterocycles. The van der Waals surface area contributed by atoms with Gasteiger partial charge in [0.25, 0.3) is 5.91 Å². The number of fused-ring (bicyclic) bond motifs is 1. The van der Waals surface area contributed by atoms with Gasteiger partial charge in [-0.15, -0.1) is 0 Å². The number of nitrogens with zero attached hydrogens (tertiary/aromatic N) is 1. The van der Waals surface area contributed by atoms with Crippen molar-refractivity contribution in [2.75, 3.05) is 10.6 Å². The molecule has 0 spiro atoms. The minimum Gasteiger partial charge on any atom is -0.326 e. The molecular formula is C16H14FN3O2. The highest BCUT2D eigenvalue weighted by molar-refractivity contribution is 6.03. The van der Waals surface area contributed by atoms with Crippen LogP contribution in [0.15, 0.2) is 30.3 Å². The fraction of sp³-hybridized carbons (Fsp3) is 0.188. The molecule has 0 bridgehead atoms. The Morgan fingerprint density at radius 2 is 2.14 bits per heavy atom. The maximum Gasteiger partial charge on any atom is 0.274 e. The molecular weight excluding hydrogens is 285 g/mol. The number of pyridine rings is 1. The average Bonchev–Trinajstić information content (AvgIpc) is 2.48. The monoisotopic (exact) mass is 299 g/mol. The Morgan fingerprint density at radius 3 is 2.91 bits per heavy atom. The van der Waals surface area contributed by atoms with Crippen LogP contribution in [0.5, 0.6) is 0 Å². The summed E-state index contributed by atoms with van der Waals surface area (Å²) in [5.74, 6) is -1.14. The number of anilines is 2. The molecule has 0 fully saturated rings. The van der Waals surface area contributed by atoms with Crippen LogP contribution in [0.1, 0.15) is 28.2 Å². The number of amides is 2.